The van der Waals surface area contributed by atoms with Crippen molar-refractivity contribution in [3.8, 4) is 0 Å². The molecule has 0 aromatic carbocycles. The highest BCUT2D eigenvalue weighted by Gasteiger charge is 2.09. The zero-order chi connectivity index (χ0) is 13.1. The molecular weight excluding hydrogens is 294 g/mol. The summed E-state index contributed by atoms with van der Waals surface area (Å²) in [4.78, 5) is 0. The molecule has 18 heavy (non-hydrogen) atoms. The average Bonchev–Trinajstić information content (AvgIpc) is 2.82. The molecule has 6 heteroatoms. The molecule has 5 nitrogen and oxygen atoms in total. The fourth-order valence-corrected chi connectivity index (χ4v) is 2.37. The normalized spacial score (nSPS) is 11.1. The molecule has 0 aliphatic heterocycles. The summed E-state index contributed by atoms with van der Waals surface area (Å²) in [5, 5.41) is 12.1. The van der Waals surface area contributed by atoms with Crippen LogP contribution in [-0.4, -0.2) is 26.1 Å². The summed E-state index contributed by atoms with van der Waals surface area (Å²) in [6.07, 6.45) is 2.91. The molecule has 2 aromatic heterocycles. The highest BCUT2D eigenvalue weighted by atomic mass is 79.9. The van der Waals surface area contributed by atoms with Crippen LogP contribution in [0.4, 0.5) is 0 Å². The highest BCUT2D eigenvalue weighted by molar-refractivity contribution is 9.10. The van der Waals surface area contributed by atoms with E-state index in [0.717, 1.165) is 35.4 Å². The summed E-state index contributed by atoms with van der Waals surface area (Å²) in [5.41, 5.74) is 3.32. The number of aryl methyl sites for hydroxylation is 3. The monoisotopic (exact) mass is 311 g/mol. The Labute approximate surface area is 115 Å². The Bertz CT molecular complexity index is 529. The Morgan fingerprint density at radius 1 is 1.33 bits per heavy atom. The Kier molecular flexibility index (Phi) is 4.19. The van der Waals surface area contributed by atoms with Gasteiger partial charge in [0.2, 0.25) is 0 Å². The van der Waals surface area contributed by atoms with Crippen molar-refractivity contribution in [2.75, 3.05) is 6.54 Å². The minimum atomic E-state index is 0.810. The molecule has 0 amide bonds. The third-order valence-electron chi connectivity index (χ3n) is 2.88. The third kappa shape index (κ3) is 3.00. The van der Waals surface area contributed by atoms with E-state index in [9.17, 15) is 0 Å². The molecule has 2 aromatic rings. The smallest absolute Gasteiger partial charge is 0.0739 e. The molecule has 0 saturated heterocycles. The van der Waals surface area contributed by atoms with Crippen molar-refractivity contribution in [3.05, 3.63) is 33.8 Å². The summed E-state index contributed by atoms with van der Waals surface area (Å²) >= 11 is 3.56. The highest BCUT2D eigenvalue weighted by Crippen LogP contribution is 2.19. The first-order chi connectivity index (χ1) is 8.58. The summed E-state index contributed by atoms with van der Waals surface area (Å²) in [7, 11) is 3.90. The second-order valence-electron chi connectivity index (χ2n) is 4.38. The molecule has 0 unspecified atom stereocenters. The van der Waals surface area contributed by atoms with Crippen LogP contribution in [0.5, 0.6) is 0 Å². The Balaban J connectivity index is 1.82. The summed E-state index contributed by atoms with van der Waals surface area (Å²) in [6.45, 7) is 3.72. The lowest BCUT2D eigenvalue weighted by molar-refractivity contribution is 0.616. The SMILES string of the molecule is Cc1nn(C)c(CNCCc2ccn(C)n2)c1Br. The van der Waals surface area contributed by atoms with E-state index in [1.54, 1.807) is 0 Å². The number of nitrogens with one attached hydrogen (secondary N) is 1. The standard InChI is InChI=1S/C12H18BrN5/c1-9-12(13)11(18(3)15-9)8-14-6-4-10-5-7-17(2)16-10/h5,7,14H,4,6,8H2,1-3H3. The van der Waals surface area contributed by atoms with E-state index in [0.29, 0.717) is 0 Å². The fourth-order valence-electron chi connectivity index (χ4n) is 1.89. The number of hydrogen-bond acceptors (Lipinski definition) is 3. The minimum absolute atomic E-state index is 0.810. The van der Waals surface area contributed by atoms with Gasteiger partial charge in [-0.25, -0.2) is 0 Å². The molecule has 2 rings (SSSR count). The van der Waals surface area contributed by atoms with Gasteiger partial charge in [0.05, 0.1) is 21.6 Å². The van der Waals surface area contributed by atoms with E-state index < -0.39 is 0 Å². The van der Waals surface area contributed by atoms with E-state index in [-0.39, 0.29) is 0 Å². The maximum atomic E-state index is 4.36. The van der Waals surface area contributed by atoms with E-state index in [2.05, 4.69) is 31.4 Å². The van der Waals surface area contributed by atoms with Crippen LogP contribution in [-0.2, 0) is 27.1 Å². The van der Waals surface area contributed by atoms with Crippen molar-refractivity contribution in [3.63, 3.8) is 0 Å². The van der Waals surface area contributed by atoms with Gasteiger partial charge in [-0.15, -0.1) is 0 Å². The van der Waals surface area contributed by atoms with Crippen molar-refractivity contribution in [1.29, 1.82) is 0 Å². The first-order valence-corrected chi connectivity index (χ1v) is 6.74. The van der Waals surface area contributed by atoms with E-state index in [1.165, 1.54) is 5.69 Å². The third-order valence-corrected chi connectivity index (χ3v) is 3.91. The molecule has 0 aliphatic carbocycles. The van der Waals surface area contributed by atoms with Crippen LogP contribution in [0, 0.1) is 6.92 Å². The molecule has 0 aliphatic rings. The van der Waals surface area contributed by atoms with Crippen molar-refractivity contribution in [2.45, 2.75) is 19.9 Å². The van der Waals surface area contributed by atoms with Crippen molar-refractivity contribution < 1.29 is 0 Å². The maximum absolute atomic E-state index is 4.36. The largest absolute Gasteiger partial charge is 0.311 e. The van der Waals surface area contributed by atoms with Crippen molar-refractivity contribution in [2.24, 2.45) is 14.1 Å². The van der Waals surface area contributed by atoms with Crippen molar-refractivity contribution >= 4 is 15.9 Å². The van der Waals surface area contributed by atoms with E-state index in [1.807, 2.05) is 42.6 Å². The molecule has 0 saturated carbocycles. The maximum Gasteiger partial charge on any atom is 0.0739 e. The lowest BCUT2D eigenvalue weighted by Crippen LogP contribution is -2.19. The molecule has 98 valence electrons. The zero-order valence-corrected chi connectivity index (χ0v) is 12.5. The van der Waals surface area contributed by atoms with Crippen LogP contribution in [0.25, 0.3) is 0 Å². The van der Waals surface area contributed by atoms with Gasteiger partial charge in [-0.1, -0.05) is 0 Å². The summed E-state index contributed by atoms with van der Waals surface area (Å²) in [5.74, 6) is 0. The Hall–Kier alpha value is -1.14. The van der Waals surface area contributed by atoms with Gasteiger partial charge >= 0.3 is 0 Å². The van der Waals surface area contributed by atoms with Gasteiger partial charge in [0.1, 0.15) is 0 Å². The first-order valence-electron chi connectivity index (χ1n) is 5.95. The minimum Gasteiger partial charge on any atom is -0.311 e. The molecule has 0 radical (unpaired) electrons. The molecule has 0 atom stereocenters. The van der Waals surface area contributed by atoms with Gasteiger partial charge in [0, 0.05) is 39.8 Å². The topological polar surface area (TPSA) is 47.7 Å². The number of halogens is 1. The number of hydrogen-bond donors (Lipinski definition) is 1. The van der Waals surface area contributed by atoms with Gasteiger partial charge in [0.25, 0.3) is 0 Å². The number of nitrogens with zero attached hydrogens (tertiary/aromatic N) is 4. The van der Waals surface area contributed by atoms with Gasteiger partial charge in [-0.2, -0.15) is 10.2 Å². The Morgan fingerprint density at radius 3 is 2.67 bits per heavy atom. The second-order valence-corrected chi connectivity index (χ2v) is 5.17. The summed E-state index contributed by atoms with van der Waals surface area (Å²) in [6, 6.07) is 2.05. The van der Waals surface area contributed by atoms with Gasteiger partial charge in [0.15, 0.2) is 0 Å². The quantitative estimate of drug-likeness (QED) is 0.852. The molecular formula is C12H18BrN5. The van der Waals surface area contributed by atoms with E-state index in [4.69, 9.17) is 0 Å². The van der Waals surface area contributed by atoms with E-state index >= 15 is 0 Å². The van der Waals surface area contributed by atoms with Crippen molar-refractivity contribution in [1.82, 2.24) is 24.9 Å². The van der Waals surface area contributed by atoms with Crippen LogP contribution in [0.15, 0.2) is 16.7 Å². The van der Waals surface area contributed by atoms with Crippen LogP contribution >= 0.6 is 15.9 Å². The lowest BCUT2D eigenvalue weighted by atomic mass is 10.3. The lowest BCUT2D eigenvalue weighted by Gasteiger charge is -2.05. The predicted molar refractivity (Wildman–Crippen MR) is 74.3 cm³/mol. The number of rotatable bonds is 5. The zero-order valence-electron chi connectivity index (χ0n) is 10.9. The van der Waals surface area contributed by atoms with Gasteiger partial charge < -0.3 is 5.32 Å². The van der Waals surface area contributed by atoms with Crippen LogP contribution < -0.4 is 5.32 Å². The molecule has 0 fully saturated rings. The second kappa shape index (κ2) is 5.67. The Morgan fingerprint density at radius 2 is 2.11 bits per heavy atom. The first kappa shape index (κ1) is 13.3. The van der Waals surface area contributed by atoms with Crippen LogP contribution in [0.2, 0.25) is 0 Å². The molecule has 0 bridgehead atoms. The molecule has 1 N–H and O–H groups in total. The average molecular weight is 312 g/mol. The number of aromatic nitrogens is 4. The predicted octanol–water partition coefficient (Wildman–Crippen LogP) is 1.56. The molecule has 0 spiro atoms. The van der Waals surface area contributed by atoms with Crippen LogP contribution in [0.1, 0.15) is 17.1 Å². The fraction of sp³-hybridized carbons (Fsp3) is 0.500. The summed E-state index contributed by atoms with van der Waals surface area (Å²) < 4.78 is 4.83. The van der Waals surface area contributed by atoms with Gasteiger partial charge in [-0.3, -0.25) is 9.36 Å². The van der Waals surface area contributed by atoms with Gasteiger partial charge in [-0.05, 0) is 28.9 Å². The molecule has 2 heterocycles. The van der Waals surface area contributed by atoms with Crippen LogP contribution in [0.3, 0.4) is 0 Å².